The van der Waals surface area contributed by atoms with Crippen LogP contribution in [0.1, 0.15) is 77.6 Å². The Morgan fingerprint density at radius 2 is 1.39 bits per heavy atom. The van der Waals surface area contributed by atoms with E-state index in [1.54, 1.807) is 0 Å². The van der Waals surface area contributed by atoms with E-state index in [1.165, 1.54) is 38.5 Å². The molecule has 0 aromatic rings. The highest BCUT2D eigenvalue weighted by molar-refractivity contribution is 5.69. The van der Waals surface area contributed by atoms with Crippen molar-refractivity contribution in [3.8, 4) is 0 Å². The van der Waals surface area contributed by atoms with Crippen LogP contribution in [0.2, 0.25) is 0 Å². The Kier molecular flexibility index (Phi) is 13.5. The second-order valence-corrected chi connectivity index (χ2v) is 4.69. The van der Waals surface area contributed by atoms with Crippen molar-refractivity contribution in [2.45, 2.75) is 77.6 Å². The molecule has 0 aromatic heterocycles. The van der Waals surface area contributed by atoms with Gasteiger partial charge in [-0.3, -0.25) is 4.79 Å². The zero-order chi connectivity index (χ0) is 13.5. The van der Waals surface area contributed by atoms with Crippen molar-refractivity contribution in [3.63, 3.8) is 0 Å². The molecule has 106 valence electrons. The Morgan fingerprint density at radius 3 is 1.89 bits per heavy atom. The number of carbonyl (C=O) groups excluding carboxylic acids is 2. The quantitative estimate of drug-likeness (QED) is 0.284. The number of rotatable bonds is 13. The second-order valence-electron chi connectivity index (χ2n) is 4.69. The van der Waals surface area contributed by atoms with Crippen LogP contribution in [0.15, 0.2) is 0 Å². The molecule has 0 aliphatic carbocycles. The summed E-state index contributed by atoms with van der Waals surface area (Å²) in [6.07, 6.45) is 12.9. The van der Waals surface area contributed by atoms with Crippen molar-refractivity contribution in [2.75, 3.05) is 6.61 Å². The van der Waals surface area contributed by atoms with Crippen LogP contribution in [-0.2, 0) is 14.3 Å². The highest BCUT2D eigenvalue weighted by Gasteiger charge is 2.00. The first-order chi connectivity index (χ1) is 8.81. The monoisotopic (exact) mass is 256 g/mol. The minimum atomic E-state index is -0.0623. The fraction of sp³-hybridized carbons (Fsp3) is 0.867. The summed E-state index contributed by atoms with van der Waals surface area (Å²) < 4.78 is 4.87. The summed E-state index contributed by atoms with van der Waals surface area (Å²) in [5, 5.41) is 0. The molecule has 0 aromatic carbocycles. The summed E-state index contributed by atoms with van der Waals surface area (Å²) >= 11 is 0. The lowest BCUT2D eigenvalue weighted by atomic mass is 10.1. The maximum absolute atomic E-state index is 11.1. The molecular weight excluding hydrogens is 228 g/mol. The van der Waals surface area contributed by atoms with E-state index in [1.807, 2.05) is 6.92 Å². The van der Waals surface area contributed by atoms with Crippen molar-refractivity contribution in [2.24, 2.45) is 0 Å². The molecule has 0 unspecified atom stereocenters. The Balaban J connectivity index is 3.03. The molecule has 0 aliphatic rings. The van der Waals surface area contributed by atoms with Gasteiger partial charge in [0.1, 0.15) is 6.29 Å². The number of ether oxygens (including phenoxy) is 1. The van der Waals surface area contributed by atoms with Crippen LogP contribution < -0.4 is 0 Å². The van der Waals surface area contributed by atoms with Gasteiger partial charge in [-0.15, -0.1) is 0 Å². The molecule has 0 N–H and O–H groups in total. The normalized spacial score (nSPS) is 10.3. The van der Waals surface area contributed by atoms with Crippen LogP contribution in [-0.4, -0.2) is 18.9 Å². The van der Waals surface area contributed by atoms with E-state index < -0.39 is 0 Å². The number of esters is 1. The van der Waals surface area contributed by atoms with Gasteiger partial charge in [-0.25, -0.2) is 0 Å². The van der Waals surface area contributed by atoms with E-state index in [0.717, 1.165) is 25.5 Å². The van der Waals surface area contributed by atoms with Gasteiger partial charge in [0, 0.05) is 12.8 Å². The molecule has 0 atom stereocenters. The molecule has 0 saturated carbocycles. The molecule has 0 amide bonds. The largest absolute Gasteiger partial charge is 0.466 e. The lowest BCUT2D eigenvalue weighted by molar-refractivity contribution is -0.143. The molecule has 0 radical (unpaired) electrons. The second kappa shape index (κ2) is 14.2. The summed E-state index contributed by atoms with van der Waals surface area (Å²) in [5.74, 6) is -0.0623. The SMILES string of the molecule is CCOC(=O)CCCCCCCCCCCC=O. The van der Waals surface area contributed by atoms with Gasteiger partial charge >= 0.3 is 5.97 Å². The van der Waals surface area contributed by atoms with Crippen LogP contribution in [0.4, 0.5) is 0 Å². The standard InChI is InChI=1S/C15H28O3/c1-2-18-15(17)13-11-9-7-5-3-4-6-8-10-12-14-16/h14H,2-13H2,1H3. The van der Waals surface area contributed by atoms with Gasteiger partial charge in [0.25, 0.3) is 0 Å². The lowest BCUT2D eigenvalue weighted by Crippen LogP contribution is -2.03. The maximum Gasteiger partial charge on any atom is 0.305 e. The van der Waals surface area contributed by atoms with Crippen LogP contribution in [0.5, 0.6) is 0 Å². The zero-order valence-electron chi connectivity index (χ0n) is 11.8. The maximum atomic E-state index is 11.1. The zero-order valence-corrected chi connectivity index (χ0v) is 11.8. The molecule has 0 saturated heterocycles. The first-order valence-corrected chi connectivity index (χ1v) is 7.40. The van der Waals surface area contributed by atoms with Crippen molar-refractivity contribution in [1.82, 2.24) is 0 Å². The summed E-state index contributed by atoms with van der Waals surface area (Å²) in [5.41, 5.74) is 0. The van der Waals surface area contributed by atoms with Gasteiger partial charge in [-0.2, -0.15) is 0 Å². The Bertz CT molecular complexity index is 202. The van der Waals surface area contributed by atoms with Crippen molar-refractivity contribution < 1.29 is 14.3 Å². The molecule has 0 spiro atoms. The summed E-state index contributed by atoms with van der Waals surface area (Å²) in [6.45, 7) is 2.33. The van der Waals surface area contributed by atoms with Crippen molar-refractivity contribution in [1.29, 1.82) is 0 Å². The number of hydrogen-bond donors (Lipinski definition) is 0. The topological polar surface area (TPSA) is 43.4 Å². The highest BCUT2D eigenvalue weighted by Crippen LogP contribution is 2.11. The van der Waals surface area contributed by atoms with Gasteiger partial charge in [0.15, 0.2) is 0 Å². The third-order valence-electron chi connectivity index (χ3n) is 3.01. The number of aldehydes is 1. The summed E-state index contributed by atoms with van der Waals surface area (Å²) in [7, 11) is 0. The minimum absolute atomic E-state index is 0.0623. The lowest BCUT2D eigenvalue weighted by Gasteiger charge is -2.02. The minimum Gasteiger partial charge on any atom is -0.466 e. The van der Waals surface area contributed by atoms with E-state index in [9.17, 15) is 9.59 Å². The fourth-order valence-corrected chi connectivity index (χ4v) is 1.97. The Hall–Kier alpha value is -0.860. The summed E-state index contributed by atoms with van der Waals surface area (Å²) in [4.78, 5) is 21.2. The van der Waals surface area contributed by atoms with Gasteiger partial charge in [-0.1, -0.05) is 44.9 Å². The van der Waals surface area contributed by atoms with Crippen molar-refractivity contribution >= 4 is 12.3 Å². The van der Waals surface area contributed by atoms with E-state index in [2.05, 4.69) is 0 Å². The predicted octanol–water partition coefficient (Wildman–Crippen LogP) is 4.04. The van der Waals surface area contributed by atoms with Crippen LogP contribution in [0.3, 0.4) is 0 Å². The average Bonchev–Trinajstić information content (AvgIpc) is 2.36. The first kappa shape index (κ1) is 17.1. The predicted molar refractivity (Wildman–Crippen MR) is 73.5 cm³/mol. The van der Waals surface area contributed by atoms with E-state index in [0.29, 0.717) is 19.4 Å². The third-order valence-corrected chi connectivity index (χ3v) is 3.01. The third kappa shape index (κ3) is 13.2. The van der Waals surface area contributed by atoms with E-state index >= 15 is 0 Å². The molecule has 0 heterocycles. The van der Waals surface area contributed by atoms with Crippen LogP contribution in [0.25, 0.3) is 0 Å². The van der Waals surface area contributed by atoms with Crippen LogP contribution >= 0.6 is 0 Å². The Labute approximate surface area is 111 Å². The van der Waals surface area contributed by atoms with Crippen molar-refractivity contribution in [3.05, 3.63) is 0 Å². The fourth-order valence-electron chi connectivity index (χ4n) is 1.97. The highest BCUT2D eigenvalue weighted by atomic mass is 16.5. The molecule has 3 heteroatoms. The Morgan fingerprint density at radius 1 is 0.889 bits per heavy atom. The number of carbonyl (C=O) groups is 2. The van der Waals surface area contributed by atoms with Gasteiger partial charge in [0.2, 0.25) is 0 Å². The van der Waals surface area contributed by atoms with E-state index in [-0.39, 0.29) is 5.97 Å². The van der Waals surface area contributed by atoms with Gasteiger partial charge in [0.05, 0.1) is 6.61 Å². The van der Waals surface area contributed by atoms with Gasteiger partial charge < -0.3 is 9.53 Å². The summed E-state index contributed by atoms with van der Waals surface area (Å²) in [6, 6.07) is 0. The van der Waals surface area contributed by atoms with Crippen LogP contribution in [0, 0.1) is 0 Å². The molecule has 0 aliphatic heterocycles. The molecule has 3 nitrogen and oxygen atoms in total. The molecule has 0 fully saturated rings. The average molecular weight is 256 g/mol. The number of hydrogen-bond acceptors (Lipinski definition) is 3. The first-order valence-electron chi connectivity index (χ1n) is 7.40. The van der Waals surface area contributed by atoms with Gasteiger partial charge in [-0.05, 0) is 19.8 Å². The molecular formula is C15H28O3. The molecule has 18 heavy (non-hydrogen) atoms. The number of unbranched alkanes of at least 4 members (excludes halogenated alkanes) is 9. The molecule has 0 bridgehead atoms. The molecule has 0 rings (SSSR count). The van der Waals surface area contributed by atoms with E-state index in [4.69, 9.17) is 4.74 Å². The smallest absolute Gasteiger partial charge is 0.305 e.